The van der Waals surface area contributed by atoms with Gasteiger partial charge in [0, 0.05) is 24.7 Å². The molecule has 0 bridgehead atoms. The predicted molar refractivity (Wildman–Crippen MR) is 59.8 cm³/mol. The van der Waals surface area contributed by atoms with Gasteiger partial charge in [0.25, 0.3) is 0 Å². The first-order valence-corrected chi connectivity index (χ1v) is 5.95. The van der Waals surface area contributed by atoms with Crippen molar-refractivity contribution in [3.05, 3.63) is 18.5 Å². The SMILES string of the molecule is NCCn1nnnc1SCCn1cccn1. The summed E-state index contributed by atoms with van der Waals surface area (Å²) < 4.78 is 3.60. The standard InChI is InChI=1S/C8H13N7S/c9-2-5-15-8(11-12-13-15)16-7-6-14-4-1-3-10-14/h1,3-4H,2,5-7,9H2. The van der Waals surface area contributed by atoms with Crippen LogP contribution in [-0.2, 0) is 13.1 Å². The van der Waals surface area contributed by atoms with Crippen LogP contribution in [0.1, 0.15) is 0 Å². The van der Waals surface area contributed by atoms with Gasteiger partial charge in [-0.15, -0.1) is 5.10 Å². The van der Waals surface area contributed by atoms with Gasteiger partial charge in [-0.05, 0) is 16.5 Å². The predicted octanol–water partition coefficient (Wildman–Crippen LogP) is -0.379. The number of nitrogens with two attached hydrogens (primary N) is 1. The molecule has 0 saturated carbocycles. The van der Waals surface area contributed by atoms with Gasteiger partial charge in [0.2, 0.25) is 5.16 Å². The lowest BCUT2D eigenvalue weighted by atomic mass is 10.7. The van der Waals surface area contributed by atoms with E-state index >= 15 is 0 Å². The number of rotatable bonds is 6. The number of thioether (sulfide) groups is 1. The normalized spacial score (nSPS) is 10.8. The molecule has 0 aliphatic rings. The fraction of sp³-hybridized carbons (Fsp3) is 0.500. The van der Waals surface area contributed by atoms with Crippen LogP contribution in [0.25, 0.3) is 0 Å². The second-order valence-electron chi connectivity index (χ2n) is 3.09. The third-order valence-electron chi connectivity index (χ3n) is 1.95. The van der Waals surface area contributed by atoms with E-state index in [4.69, 9.17) is 5.73 Å². The number of aryl methyl sites for hydroxylation is 1. The monoisotopic (exact) mass is 239 g/mol. The van der Waals surface area contributed by atoms with E-state index in [0.29, 0.717) is 13.1 Å². The van der Waals surface area contributed by atoms with E-state index in [1.165, 1.54) is 0 Å². The fourth-order valence-electron chi connectivity index (χ4n) is 1.23. The summed E-state index contributed by atoms with van der Waals surface area (Å²) in [6.45, 7) is 2.03. The maximum atomic E-state index is 5.45. The second-order valence-corrected chi connectivity index (χ2v) is 4.15. The Hall–Kier alpha value is -1.41. The second kappa shape index (κ2) is 5.61. The van der Waals surface area contributed by atoms with Crippen molar-refractivity contribution in [1.82, 2.24) is 30.0 Å². The molecule has 2 rings (SSSR count). The highest BCUT2D eigenvalue weighted by molar-refractivity contribution is 7.99. The number of hydrogen-bond acceptors (Lipinski definition) is 6. The molecular weight excluding hydrogens is 226 g/mol. The molecule has 0 unspecified atom stereocenters. The summed E-state index contributed by atoms with van der Waals surface area (Å²) >= 11 is 1.60. The molecule has 0 atom stereocenters. The molecule has 7 nitrogen and oxygen atoms in total. The number of nitrogens with zero attached hydrogens (tertiary/aromatic N) is 6. The zero-order chi connectivity index (χ0) is 11.2. The molecule has 2 N–H and O–H groups in total. The maximum absolute atomic E-state index is 5.45. The van der Waals surface area contributed by atoms with Gasteiger partial charge >= 0.3 is 0 Å². The Morgan fingerprint density at radius 3 is 3.06 bits per heavy atom. The summed E-state index contributed by atoms with van der Waals surface area (Å²) in [5, 5.41) is 16.3. The van der Waals surface area contributed by atoms with E-state index in [0.717, 1.165) is 17.5 Å². The van der Waals surface area contributed by atoms with Gasteiger partial charge in [-0.25, -0.2) is 4.68 Å². The molecule has 0 radical (unpaired) electrons. The molecule has 0 amide bonds. The zero-order valence-corrected chi connectivity index (χ0v) is 9.55. The lowest BCUT2D eigenvalue weighted by molar-refractivity contribution is 0.556. The molecule has 8 heteroatoms. The van der Waals surface area contributed by atoms with Crippen LogP contribution in [0.4, 0.5) is 0 Å². The first-order chi connectivity index (χ1) is 7.90. The molecule has 0 aliphatic carbocycles. The summed E-state index contributed by atoms with van der Waals surface area (Å²) in [6, 6.07) is 1.91. The van der Waals surface area contributed by atoms with E-state index in [1.807, 2.05) is 16.9 Å². The minimum Gasteiger partial charge on any atom is -0.329 e. The highest BCUT2D eigenvalue weighted by atomic mass is 32.2. The van der Waals surface area contributed by atoms with Crippen LogP contribution in [-0.4, -0.2) is 42.3 Å². The fourth-order valence-corrected chi connectivity index (χ4v) is 2.06. The molecular formula is C8H13N7S. The zero-order valence-electron chi connectivity index (χ0n) is 8.73. The topological polar surface area (TPSA) is 87.4 Å². The smallest absolute Gasteiger partial charge is 0.209 e. The van der Waals surface area contributed by atoms with Gasteiger partial charge < -0.3 is 5.73 Å². The van der Waals surface area contributed by atoms with Crippen LogP contribution < -0.4 is 5.73 Å². The Bertz CT molecular complexity index is 410. The maximum Gasteiger partial charge on any atom is 0.209 e. The third-order valence-corrected chi connectivity index (χ3v) is 2.89. The van der Waals surface area contributed by atoms with E-state index in [-0.39, 0.29) is 0 Å². The first kappa shape index (κ1) is 11.1. The molecule has 2 heterocycles. The van der Waals surface area contributed by atoms with Crippen molar-refractivity contribution in [1.29, 1.82) is 0 Å². The summed E-state index contributed by atoms with van der Waals surface area (Å²) in [5.41, 5.74) is 5.45. The van der Waals surface area contributed by atoms with Gasteiger partial charge in [-0.2, -0.15) is 5.10 Å². The Balaban J connectivity index is 1.82. The number of hydrogen-bond donors (Lipinski definition) is 1. The van der Waals surface area contributed by atoms with Gasteiger partial charge in [0.05, 0.1) is 13.1 Å². The lowest BCUT2D eigenvalue weighted by Crippen LogP contribution is -2.12. The van der Waals surface area contributed by atoms with Crippen LogP contribution in [0.2, 0.25) is 0 Å². The van der Waals surface area contributed by atoms with Crippen LogP contribution >= 0.6 is 11.8 Å². The molecule has 2 aromatic heterocycles. The van der Waals surface area contributed by atoms with Crippen LogP contribution in [0, 0.1) is 0 Å². The Morgan fingerprint density at radius 1 is 1.38 bits per heavy atom. The van der Waals surface area contributed by atoms with Crippen molar-refractivity contribution in [2.24, 2.45) is 5.73 Å². The van der Waals surface area contributed by atoms with E-state index in [9.17, 15) is 0 Å². The largest absolute Gasteiger partial charge is 0.329 e. The van der Waals surface area contributed by atoms with Gasteiger partial charge in [-0.3, -0.25) is 4.68 Å². The average Bonchev–Trinajstić information content (AvgIpc) is 2.91. The highest BCUT2D eigenvalue weighted by Crippen LogP contribution is 2.13. The Labute approximate surface area is 97.0 Å². The highest BCUT2D eigenvalue weighted by Gasteiger charge is 2.05. The van der Waals surface area contributed by atoms with Gasteiger partial charge in [-0.1, -0.05) is 11.8 Å². The van der Waals surface area contributed by atoms with Crippen LogP contribution in [0.3, 0.4) is 0 Å². The van der Waals surface area contributed by atoms with Crippen molar-refractivity contribution in [2.75, 3.05) is 12.3 Å². The van der Waals surface area contributed by atoms with Gasteiger partial charge in [0.15, 0.2) is 0 Å². The van der Waals surface area contributed by atoms with Gasteiger partial charge in [0.1, 0.15) is 0 Å². The average molecular weight is 239 g/mol. The summed E-state index contributed by atoms with van der Waals surface area (Å²) in [7, 11) is 0. The third kappa shape index (κ3) is 2.80. The Kier molecular flexibility index (Phi) is 3.89. The molecule has 0 aromatic carbocycles. The Morgan fingerprint density at radius 2 is 2.31 bits per heavy atom. The molecule has 2 aromatic rings. The van der Waals surface area contributed by atoms with Crippen LogP contribution in [0.5, 0.6) is 0 Å². The molecule has 16 heavy (non-hydrogen) atoms. The van der Waals surface area contributed by atoms with E-state index in [1.54, 1.807) is 22.6 Å². The van der Waals surface area contributed by atoms with E-state index in [2.05, 4.69) is 20.6 Å². The van der Waals surface area contributed by atoms with Crippen molar-refractivity contribution in [3.63, 3.8) is 0 Å². The summed E-state index contributed by atoms with van der Waals surface area (Å²) in [6.07, 6.45) is 3.70. The molecule has 0 spiro atoms. The molecule has 0 saturated heterocycles. The molecule has 0 aliphatic heterocycles. The van der Waals surface area contributed by atoms with Crippen LogP contribution in [0.15, 0.2) is 23.6 Å². The minimum atomic E-state index is 0.539. The number of aromatic nitrogens is 6. The van der Waals surface area contributed by atoms with Crippen molar-refractivity contribution >= 4 is 11.8 Å². The molecule has 0 fully saturated rings. The van der Waals surface area contributed by atoms with Crippen molar-refractivity contribution in [2.45, 2.75) is 18.2 Å². The minimum absolute atomic E-state index is 0.539. The quantitative estimate of drug-likeness (QED) is 0.691. The molecule has 86 valence electrons. The van der Waals surface area contributed by atoms with Crippen molar-refractivity contribution < 1.29 is 0 Å². The lowest BCUT2D eigenvalue weighted by Gasteiger charge is -2.02. The summed E-state index contributed by atoms with van der Waals surface area (Å²) in [4.78, 5) is 0. The summed E-state index contributed by atoms with van der Waals surface area (Å²) in [5.74, 6) is 0.882. The van der Waals surface area contributed by atoms with Crippen molar-refractivity contribution in [3.8, 4) is 0 Å². The first-order valence-electron chi connectivity index (χ1n) is 4.96. The number of tetrazole rings is 1. The van der Waals surface area contributed by atoms with E-state index < -0.39 is 0 Å².